The van der Waals surface area contributed by atoms with Crippen molar-refractivity contribution in [3.8, 4) is 11.5 Å². The fourth-order valence-corrected chi connectivity index (χ4v) is 2.60. The predicted octanol–water partition coefficient (Wildman–Crippen LogP) is 5.48. The van der Waals surface area contributed by atoms with Crippen LogP contribution in [0.25, 0.3) is 0 Å². The summed E-state index contributed by atoms with van der Waals surface area (Å²) in [5.74, 6) is -1.66. The third kappa shape index (κ3) is 4.68. The van der Waals surface area contributed by atoms with Gasteiger partial charge < -0.3 is 15.8 Å². The third-order valence-corrected chi connectivity index (χ3v) is 4.34. The lowest BCUT2D eigenvalue weighted by Gasteiger charge is -2.12. The van der Waals surface area contributed by atoms with Gasteiger partial charge in [-0.25, -0.2) is 9.37 Å². The molecule has 3 N–H and O–H groups in total. The molecule has 1 amide bonds. The van der Waals surface area contributed by atoms with Crippen molar-refractivity contribution >= 4 is 17.4 Å². The van der Waals surface area contributed by atoms with Crippen LogP contribution in [0.2, 0.25) is 0 Å². The summed E-state index contributed by atoms with van der Waals surface area (Å²) in [5, 5.41) is 2.66. The summed E-state index contributed by atoms with van der Waals surface area (Å²) in [6, 6.07) is 9.52. The predicted molar refractivity (Wildman–Crippen MR) is 104 cm³/mol. The highest BCUT2D eigenvalue weighted by Gasteiger charge is 2.31. The SMILES string of the molecule is Cc1cc(C(=O)Nc2ccc(Oc3ccc(C(F)(F)F)cc3F)cc2)c(N)nc1C. The number of amides is 1. The van der Waals surface area contributed by atoms with Gasteiger partial charge in [-0.15, -0.1) is 0 Å². The zero-order chi connectivity index (χ0) is 22.1. The number of halogens is 4. The number of nitrogen functional groups attached to an aromatic ring is 1. The van der Waals surface area contributed by atoms with Gasteiger partial charge in [0, 0.05) is 11.4 Å². The van der Waals surface area contributed by atoms with E-state index in [9.17, 15) is 22.4 Å². The number of anilines is 2. The second-order valence-corrected chi connectivity index (χ2v) is 6.55. The zero-order valence-electron chi connectivity index (χ0n) is 16.0. The van der Waals surface area contributed by atoms with Crippen LogP contribution in [-0.2, 0) is 6.18 Å². The molecule has 1 heterocycles. The van der Waals surface area contributed by atoms with Gasteiger partial charge in [0.15, 0.2) is 11.6 Å². The molecule has 0 saturated carbocycles. The summed E-state index contributed by atoms with van der Waals surface area (Å²) in [6.45, 7) is 3.59. The molecule has 0 bridgehead atoms. The van der Waals surface area contributed by atoms with Gasteiger partial charge in [0.2, 0.25) is 0 Å². The highest BCUT2D eigenvalue weighted by Crippen LogP contribution is 2.33. The van der Waals surface area contributed by atoms with Crippen LogP contribution < -0.4 is 15.8 Å². The van der Waals surface area contributed by atoms with Crippen molar-refractivity contribution in [3.05, 3.63) is 76.7 Å². The van der Waals surface area contributed by atoms with Crippen molar-refractivity contribution in [1.29, 1.82) is 0 Å². The summed E-state index contributed by atoms with van der Waals surface area (Å²) >= 11 is 0. The van der Waals surface area contributed by atoms with E-state index in [1.165, 1.54) is 24.3 Å². The topological polar surface area (TPSA) is 77.2 Å². The zero-order valence-corrected chi connectivity index (χ0v) is 16.0. The first-order valence-electron chi connectivity index (χ1n) is 8.74. The lowest BCUT2D eigenvalue weighted by molar-refractivity contribution is -0.137. The Hall–Kier alpha value is -3.62. The van der Waals surface area contributed by atoms with Crippen molar-refractivity contribution in [3.63, 3.8) is 0 Å². The molecule has 9 heteroatoms. The highest BCUT2D eigenvalue weighted by molar-refractivity contribution is 6.07. The Morgan fingerprint density at radius 3 is 2.33 bits per heavy atom. The van der Waals surface area contributed by atoms with Crippen molar-refractivity contribution < 1.29 is 27.1 Å². The summed E-state index contributed by atoms with van der Waals surface area (Å²) in [7, 11) is 0. The van der Waals surface area contributed by atoms with Crippen molar-refractivity contribution in [2.75, 3.05) is 11.1 Å². The molecule has 30 heavy (non-hydrogen) atoms. The van der Waals surface area contributed by atoms with Gasteiger partial charge in [-0.3, -0.25) is 4.79 Å². The number of alkyl halides is 3. The van der Waals surface area contributed by atoms with Crippen LogP contribution >= 0.6 is 0 Å². The van der Waals surface area contributed by atoms with Crippen molar-refractivity contribution in [2.45, 2.75) is 20.0 Å². The number of aromatic nitrogens is 1. The Morgan fingerprint density at radius 2 is 1.73 bits per heavy atom. The average molecular weight is 419 g/mol. The lowest BCUT2D eigenvalue weighted by Crippen LogP contribution is -2.15. The van der Waals surface area contributed by atoms with Gasteiger partial charge in [-0.1, -0.05) is 0 Å². The number of pyridine rings is 1. The maximum atomic E-state index is 13.9. The number of carbonyl (C=O) groups is 1. The molecule has 2 aromatic carbocycles. The standard InChI is InChI=1S/C21H17F4N3O2/c1-11-9-16(19(26)27-12(11)2)20(29)28-14-4-6-15(7-5-14)30-18-8-3-13(10-17(18)22)21(23,24)25/h3-10H,1-2H3,(H2,26,27)(H,28,29). The van der Waals surface area contributed by atoms with Crippen molar-refractivity contribution in [2.24, 2.45) is 0 Å². The van der Waals surface area contributed by atoms with Crippen molar-refractivity contribution in [1.82, 2.24) is 4.98 Å². The molecule has 0 spiro atoms. The van der Waals surface area contributed by atoms with E-state index in [0.717, 1.165) is 23.4 Å². The number of hydrogen-bond donors (Lipinski definition) is 2. The first-order valence-corrected chi connectivity index (χ1v) is 8.74. The molecule has 156 valence electrons. The minimum absolute atomic E-state index is 0.105. The van der Waals surface area contributed by atoms with E-state index in [1.54, 1.807) is 13.0 Å². The second kappa shape index (κ2) is 8.02. The van der Waals surface area contributed by atoms with Gasteiger partial charge in [-0.2, -0.15) is 13.2 Å². The number of nitrogens with two attached hydrogens (primary N) is 1. The Balaban J connectivity index is 1.71. The van der Waals surface area contributed by atoms with E-state index < -0.39 is 23.5 Å². The van der Waals surface area contributed by atoms with Crippen LogP contribution in [0, 0.1) is 19.7 Å². The third-order valence-electron chi connectivity index (χ3n) is 4.34. The fraction of sp³-hybridized carbons (Fsp3) is 0.143. The quantitative estimate of drug-likeness (QED) is 0.549. The Morgan fingerprint density at radius 1 is 1.07 bits per heavy atom. The molecule has 0 aliphatic rings. The van der Waals surface area contributed by atoms with E-state index in [2.05, 4.69) is 10.3 Å². The summed E-state index contributed by atoms with van der Waals surface area (Å²) in [4.78, 5) is 16.5. The number of hydrogen-bond acceptors (Lipinski definition) is 4. The highest BCUT2D eigenvalue weighted by atomic mass is 19.4. The van der Waals surface area contributed by atoms with E-state index in [1.807, 2.05) is 6.92 Å². The molecule has 0 atom stereocenters. The van der Waals surface area contributed by atoms with E-state index in [0.29, 0.717) is 11.8 Å². The number of benzene rings is 2. The smallest absolute Gasteiger partial charge is 0.416 e. The molecule has 0 radical (unpaired) electrons. The number of aryl methyl sites for hydroxylation is 2. The maximum absolute atomic E-state index is 13.9. The molecule has 0 unspecified atom stereocenters. The van der Waals surface area contributed by atoms with Crippen LogP contribution in [0.15, 0.2) is 48.5 Å². The fourth-order valence-electron chi connectivity index (χ4n) is 2.60. The molecule has 0 aliphatic heterocycles. The summed E-state index contributed by atoms with van der Waals surface area (Å²) in [6.07, 6.45) is -4.64. The molecule has 0 aliphatic carbocycles. The van der Waals surface area contributed by atoms with Gasteiger partial charge in [0.05, 0.1) is 11.1 Å². The average Bonchev–Trinajstić information content (AvgIpc) is 2.67. The largest absolute Gasteiger partial charge is 0.454 e. The second-order valence-electron chi connectivity index (χ2n) is 6.55. The molecule has 0 saturated heterocycles. The van der Waals surface area contributed by atoms with Gasteiger partial charge >= 0.3 is 6.18 Å². The van der Waals surface area contributed by atoms with Crippen LogP contribution in [0.5, 0.6) is 11.5 Å². The molecule has 1 aromatic heterocycles. The van der Waals surface area contributed by atoms with Crippen LogP contribution in [0.1, 0.15) is 27.2 Å². The maximum Gasteiger partial charge on any atom is 0.416 e. The monoisotopic (exact) mass is 419 g/mol. The summed E-state index contributed by atoms with van der Waals surface area (Å²) < 4.78 is 57.0. The molecule has 5 nitrogen and oxygen atoms in total. The molecular formula is C21H17F4N3O2. The van der Waals surface area contributed by atoms with E-state index in [4.69, 9.17) is 10.5 Å². The van der Waals surface area contributed by atoms with E-state index in [-0.39, 0.29) is 22.9 Å². The minimum atomic E-state index is -4.64. The number of nitrogens with zero attached hydrogens (tertiary/aromatic N) is 1. The number of ether oxygens (including phenoxy) is 1. The Kier molecular flexibility index (Phi) is 5.64. The van der Waals surface area contributed by atoms with Gasteiger partial charge in [-0.05, 0) is 67.9 Å². The lowest BCUT2D eigenvalue weighted by atomic mass is 10.1. The molecule has 3 rings (SSSR count). The normalized spacial score (nSPS) is 11.3. The van der Waals surface area contributed by atoms with Crippen LogP contribution in [-0.4, -0.2) is 10.9 Å². The number of nitrogens with one attached hydrogen (secondary N) is 1. The summed E-state index contributed by atoms with van der Waals surface area (Å²) in [5.41, 5.74) is 6.88. The molecule has 3 aromatic rings. The first-order chi connectivity index (χ1) is 14.0. The number of rotatable bonds is 4. The minimum Gasteiger partial charge on any atom is -0.454 e. The number of carbonyl (C=O) groups excluding carboxylic acids is 1. The molecule has 0 fully saturated rings. The Labute approximate surface area is 169 Å². The van der Waals surface area contributed by atoms with Gasteiger partial charge in [0.25, 0.3) is 5.91 Å². The molecular weight excluding hydrogens is 402 g/mol. The van der Waals surface area contributed by atoms with E-state index >= 15 is 0 Å². The first kappa shape index (κ1) is 21.1. The van der Waals surface area contributed by atoms with Gasteiger partial charge in [0.1, 0.15) is 11.6 Å². The van der Waals surface area contributed by atoms with Crippen LogP contribution in [0.3, 0.4) is 0 Å². The van der Waals surface area contributed by atoms with Crippen LogP contribution in [0.4, 0.5) is 29.1 Å². The Bertz CT molecular complexity index is 1100.